The second kappa shape index (κ2) is 7.18. The van der Waals surface area contributed by atoms with Crippen molar-refractivity contribution in [3.63, 3.8) is 0 Å². The molecular weight excluding hydrogens is 298 g/mol. The zero-order chi connectivity index (χ0) is 16.1. The molecule has 0 aliphatic carbocycles. The normalized spacial score (nSPS) is 10.3. The lowest BCUT2D eigenvalue weighted by atomic mass is 10.2. The van der Waals surface area contributed by atoms with Crippen LogP contribution in [0.25, 0.3) is 0 Å². The van der Waals surface area contributed by atoms with E-state index in [0.29, 0.717) is 16.4 Å². The largest absolute Gasteiger partial charge is 0.399 e. The summed E-state index contributed by atoms with van der Waals surface area (Å²) in [6.07, 6.45) is 0. The summed E-state index contributed by atoms with van der Waals surface area (Å²) >= 11 is 6.06. The molecule has 2 aromatic rings. The Kier molecular flexibility index (Phi) is 5.28. The lowest BCUT2D eigenvalue weighted by molar-refractivity contribution is -0.115. The van der Waals surface area contributed by atoms with Gasteiger partial charge in [0.05, 0.1) is 17.3 Å². The molecule has 116 valence electrons. The van der Waals surface area contributed by atoms with E-state index < -0.39 is 0 Å². The maximum atomic E-state index is 12.3. The molecule has 2 rings (SSSR count). The van der Waals surface area contributed by atoms with Gasteiger partial charge < -0.3 is 16.0 Å². The molecule has 2 aromatic carbocycles. The van der Waals surface area contributed by atoms with Crippen LogP contribution in [0.3, 0.4) is 0 Å². The molecule has 3 N–H and O–H groups in total. The van der Waals surface area contributed by atoms with E-state index in [4.69, 9.17) is 17.3 Å². The molecule has 0 bridgehead atoms. The van der Waals surface area contributed by atoms with Crippen molar-refractivity contribution in [2.24, 2.45) is 0 Å². The quantitative estimate of drug-likeness (QED) is 0.827. The van der Waals surface area contributed by atoms with Crippen LogP contribution in [0.15, 0.2) is 42.5 Å². The Labute approximate surface area is 135 Å². The van der Waals surface area contributed by atoms with Crippen molar-refractivity contribution in [2.75, 3.05) is 29.0 Å². The van der Waals surface area contributed by atoms with Crippen LogP contribution in [0.1, 0.15) is 12.5 Å². The number of anilines is 3. The summed E-state index contributed by atoms with van der Waals surface area (Å²) in [7, 11) is 0. The van der Waals surface area contributed by atoms with Gasteiger partial charge in [-0.1, -0.05) is 23.7 Å². The Morgan fingerprint density at radius 1 is 1.27 bits per heavy atom. The van der Waals surface area contributed by atoms with Crippen LogP contribution in [0.5, 0.6) is 0 Å². The van der Waals surface area contributed by atoms with Crippen LogP contribution in [-0.4, -0.2) is 19.0 Å². The van der Waals surface area contributed by atoms with Gasteiger partial charge in [-0.3, -0.25) is 4.79 Å². The van der Waals surface area contributed by atoms with Gasteiger partial charge in [0.25, 0.3) is 0 Å². The van der Waals surface area contributed by atoms with E-state index in [0.717, 1.165) is 17.8 Å². The van der Waals surface area contributed by atoms with E-state index in [1.807, 2.05) is 36.9 Å². The Hall–Kier alpha value is -2.20. The summed E-state index contributed by atoms with van der Waals surface area (Å²) in [4.78, 5) is 14.3. The zero-order valence-electron chi connectivity index (χ0n) is 12.8. The summed E-state index contributed by atoms with van der Waals surface area (Å²) in [5.41, 5.74) is 9.00. The van der Waals surface area contributed by atoms with Gasteiger partial charge in [0, 0.05) is 17.9 Å². The first-order valence-corrected chi connectivity index (χ1v) is 7.54. The summed E-state index contributed by atoms with van der Waals surface area (Å²) in [5, 5.41) is 3.28. The van der Waals surface area contributed by atoms with Crippen molar-refractivity contribution in [1.82, 2.24) is 0 Å². The Balaban J connectivity index is 2.08. The fraction of sp³-hybridized carbons (Fsp3) is 0.235. The number of nitrogen functional groups attached to an aromatic ring is 1. The fourth-order valence-corrected chi connectivity index (χ4v) is 2.38. The van der Waals surface area contributed by atoms with Crippen molar-refractivity contribution in [1.29, 1.82) is 0 Å². The number of carbonyl (C=O) groups is 1. The predicted molar refractivity (Wildman–Crippen MR) is 93.6 cm³/mol. The van der Waals surface area contributed by atoms with Gasteiger partial charge >= 0.3 is 0 Å². The highest BCUT2D eigenvalue weighted by atomic mass is 35.5. The number of rotatable bonds is 5. The predicted octanol–water partition coefficient (Wildman–Crippen LogP) is 3.70. The van der Waals surface area contributed by atoms with E-state index in [-0.39, 0.29) is 12.5 Å². The number of aryl methyl sites for hydroxylation is 1. The fourth-order valence-electron chi connectivity index (χ4n) is 2.21. The smallest absolute Gasteiger partial charge is 0.243 e. The summed E-state index contributed by atoms with van der Waals surface area (Å²) < 4.78 is 0. The van der Waals surface area contributed by atoms with Gasteiger partial charge in [0.1, 0.15) is 0 Å². The summed E-state index contributed by atoms with van der Waals surface area (Å²) in [6.45, 7) is 5.04. The topological polar surface area (TPSA) is 58.4 Å². The van der Waals surface area contributed by atoms with Gasteiger partial charge in [0.2, 0.25) is 5.91 Å². The molecule has 0 aliphatic rings. The number of nitrogens with one attached hydrogen (secondary N) is 1. The van der Waals surface area contributed by atoms with Crippen molar-refractivity contribution < 1.29 is 4.79 Å². The van der Waals surface area contributed by atoms with E-state index in [1.54, 1.807) is 18.2 Å². The van der Waals surface area contributed by atoms with Gasteiger partial charge in [-0.15, -0.1) is 0 Å². The number of halogens is 1. The summed E-state index contributed by atoms with van der Waals surface area (Å²) in [5.74, 6) is -0.129. The number of nitrogens with two attached hydrogens (primary N) is 1. The number of benzene rings is 2. The SMILES string of the molecule is CCN(CC(=O)Nc1cc(N)ccc1Cl)c1cccc(C)c1. The molecule has 0 saturated carbocycles. The lowest BCUT2D eigenvalue weighted by Crippen LogP contribution is -2.33. The molecule has 0 atom stereocenters. The first kappa shape index (κ1) is 16.2. The number of amides is 1. The number of likely N-dealkylation sites (N-methyl/N-ethyl adjacent to an activating group) is 1. The first-order chi connectivity index (χ1) is 10.5. The molecule has 0 aliphatic heterocycles. The lowest BCUT2D eigenvalue weighted by Gasteiger charge is -2.23. The van der Waals surface area contributed by atoms with Gasteiger partial charge in [0.15, 0.2) is 0 Å². The Morgan fingerprint density at radius 2 is 2.05 bits per heavy atom. The van der Waals surface area contributed by atoms with Crippen LogP contribution in [0, 0.1) is 6.92 Å². The first-order valence-electron chi connectivity index (χ1n) is 7.16. The number of nitrogens with zero attached hydrogens (tertiary/aromatic N) is 1. The van der Waals surface area contributed by atoms with Crippen LogP contribution < -0.4 is 16.0 Å². The Bertz CT molecular complexity index is 673. The number of hydrogen-bond acceptors (Lipinski definition) is 3. The average Bonchev–Trinajstić information content (AvgIpc) is 2.48. The summed E-state index contributed by atoms with van der Waals surface area (Å²) in [6, 6.07) is 13.1. The second-order valence-electron chi connectivity index (χ2n) is 5.14. The molecule has 0 radical (unpaired) electrons. The molecule has 0 saturated heterocycles. The molecule has 0 spiro atoms. The van der Waals surface area contributed by atoms with Crippen LogP contribution >= 0.6 is 11.6 Å². The van der Waals surface area contributed by atoms with Gasteiger partial charge in [-0.05, 0) is 49.7 Å². The van der Waals surface area contributed by atoms with Gasteiger partial charge in [-0.25, -0.2) is 0 Å². The average molecular weight is 318 g/mol. The van der Waals surface area contributed by atoms with Crippen molar-refractivity contribution in [2.45, 2.75) is 13.8 Å². The maximum Gasteiger partial charge on any atom is 0.243 e. The third-order valence-corrected chi connectivity index (χ3v) is 3.68. The number of hydrogen-bond donors (Lipinski definition) is 2. The molecular formula is C17H20ClN3O. The molecule has 0 fully saturated rings. The molecule has 5 heteroatoms. The standard InChI is InChI=1S/C17H20ClN3O/c1-3-21(14-6-4-5-12(2)9-14)11-17(22)20-16-10-13(19)7-8-15(16)18/h4-10H,3,11,19H2,1-2H3,(H,20,22). The molecule has 22 heavy (non-hydrogen) atoms. The van der Waals surface area contributed by atoms with Crippen LogP contribution in [0.4, 0.5) is 17.1 Å². The molecule has 0 aromatic heterocycles. The van der Waals surface area contributed by atoms with Crippen LogP contribution in [0.2, 0.25) is 5.02 Å². The number of carbonyl (C=O) groups excluding carboxylic acids is 1. The minimum absolute atomic E-state index is 0.129. The van der Waals surface area contributed by atoms with E-state index >= 15 is 0 Å². The molecule has 0 unspecified atom stereocenters. The third-order valence-electron chi connectivity index (χ3n) is 3.35. The Morgan fingerprint density at radius 3 is 2.73 bits per heavy atom. The van der Waals surface area contributed by atoms with E-state index in [2.05, 4.69) is 11.4 Å². The highest BCUT2D eigenvalue weighted by Gasteiger charge is 2.12. The second-order valence-corrected chi connectivity index (χ2v) is 5.55. The zero-order valence-corrected chi connectivity index (χ0v) is 13.5. The van der Waals surface area contributed by atoms with Gasteiger partial charge in [-0.2, -0.15) is 0 Å². The van der Waals surface area contributed by atoms with E-state index in [9.17, 15) is 4.79 Å². The minimum Gasteiger partial charge on any atom is -0.399 e. The molecule has 0 heterocycles. The van der Waals surface area contributed by atoms with Crippen molar-refractivity contribution in [3.8, 4) is 0 Å². The van der Waals surface area contributed by atoms with Crippen molar-refractivity contribution >= 4 is 34.6 Å². The molecule has 1 amide bonds. The molecule has 4 nitrogen and oxygen atoms in total. The van der Waals surface area contributed by atoms with Crippen LogP contribution in [-0.2, 0) is 4.79 Å². The highest BCUT2D eigenvalue weighted by Crippen LogP contribution is 2.24. The highest BCUT2D eigenvalue weighted by molar-refractivity contribution is 6.33. The van der Waals surface area contributed by atoms with E-state index in [1.165, 1.54) is 0 Å². The third kappa shape index (κ3) is 4.15. The monoisotopic (exact) mass is 317 g/mol. The minimum atomic E-state index is -0.129. The van der Waals surface area contributed by atoms with Crippen molar-refractivity contribution in [3.05, 3.63) is 53.1 Å². The maximum absolute atomic E-state index is 12.3.